The maximum Gasteiger partial charge on any atom is 0.475 e. The van der Waals surface area contributed by atoms with Gasteiger partial charge in [0.15, 0.2) is 6.23 Å². The maximum atomic E-state index is 12.5. The van der Waals surface area contributed by atoms with Crippen molar-refractivity contribution >= 4 is 19.6 Å². The summed E-state index contributed by atoms with van der Waals surface area (Å²) in [5.41, 5.74) is 4.46. The zero-order valence-corrected chi connectivity index (χ0v) is 19.1. The Bertz CT molecular complexity index is 1060. The highest BCUT2D eigenvalue weighted by Gasteiger charge is 2.57. The predicted octanol–water partition coefficient (Wildman–Crippen LogP) is -4.78. The number of phosphoric ester groups is 1. The van der Waals surface area contributed by atoms with Crippen molar-refractivity contribution in [1.82, 2.24) is 9.55 Å². The standard InChI is InChI=1S/C17H26N3O15P/c18-9-1-2-20(16(29)19-9)14-12(26)11(25)8(33-14)5-32-36(30,31)35-17(15(27)28)3-6(22)10(24)13(34-17)7(23)4-21/h1-2,6-8,10-14,21-26H,3-5H2,(H,27,28)(H,30,31)(H2,18,19,29)/t6-,7-,8-,10-,11-,12-,13-,14-,17+/m1/s1. The summed E-state index contributed by atoms with van der Waals surface area (Å²) in [6, 6.07) is 1.21. The van der Waals surface area contributed by atoms with Gasteiger partial charge in [-0.25, -0.2) is 18.7 Å². The van der Waals surface area contributed by atoms with Gasteiger partial charge in [0.25, 0.3) is 5.79 Å². The Balaban J connectivity index is 1.73. The second kappa shape index (κ2) is 10.7. The number of hydrogen-bond donors (Lipinski definition) is 9. The molecule has 3 heterocycles. The molecule has 0 saturated carbocycles. The average Bonchev–Trinajstić information content (AvgIpc) is 3.07. The fourth-order valence-electron chi connectivity index (χ4n) is 3.69. The molecule has 204 valence electrons. The first kappa shape index (κ1) is 28.5. The highest BCUT2D eigenvalue weighted by molar-refractivity contribution is 7.47. The van der Waals surface area contributed by atoms with Crippen molar-refractivity contribution in [3.05, 3.63) is 22.7 Å². The second-order valence-corrected chi connectivity index (χ2v) is 9.47. The van der Waals surface area contributed by atoms with Crippen molar-refractivity contribution in [2.45, 2.75) is 61.2 Å². The molecule has 0 radical (unpaired) electrons. The van der Waals surface area contributed by atoms with Gasteiger partial charge in [0.05, 0.1) is 19.3 Å². The van der Waals surface area contributed by atoms with E-state index in [4.69, 9.17) is 24.8 Å². The number of aliphatic carboxylic acids is 1. The number of ether oxygens (including phenoxy) is 2. The maximum absolute atomic E-state index is 12.5. The van der Waals surface area contributed by atoms with Gasteiger partial charge in [0, 0.05) is 12.6 Å². The van der Waals surface area contributed by atoms with Gasteiger partial charge in [0.2, 0.25) is 0 Å². The number of aromatic nitrogens is 2. The quantitative estimate of drug-likeness (QED) is 0.132. The number of hydrogen-bond acceptors (Lipinski definition) is 15. The number of aliphatic hydroxyl groups excluding tert-OH is 6. The summed E-state index contributed by atoms with van der Waals surface area (Å²) in [6.45, 7) is -1.99. The molecule has 18 nitrogen and oxygen atoms in total. The lowest BCUT2D eigenvalue weighted by Crippen LogP contribution is -2.62. The van der Waals surface area contributed by atoms with E-state index < -0.39 is 93.9 Å². The highest BCUT2D eigenvalue weighted by Crippen LogP contribution is 2.51. The van der Waals surface area contributed by atoms with Crippen molar-refractivity contribution in [3.8, 4) is 0 Å². The van der Waals surface area contributed by atoms with E-state index in [-0.39, 0.29) is 5.82 Å². The molecule has 10 atom stereocenters. The monoisotopic (exact) mass is 543 g/mol. The zero-order valence-electron chi connectivity index (χ0n) is 18.2. The zero-order chi connectivity index (χ0) is 27.0. The molecular weight excluding hydrogens is 517 g/mol. The lowest BCUT2D eigenvalue weighted by atomic mass is 9.93. The summed E-state index contributed by atoms with van der Waals surface area (Å²) in [4.78, 5) is 37.4. The molecular formula is C17H26N3O15P. The van der Waals surface area contributed by atoms with Crippen molar-refractivity contribution in [1.29, 1.82) is 0 Å². The predicted molar refractivity (Wildman–Crippen MR) is 111 cm³/mol. The second-order valence-electron chi connectivity index (χ2n) is 8.10. The Labute approximate surface area is 201 Å². The largest absolute Gasteiger partial charge is 0.477 e. The number of anilines is 1. The summed E-state index contributed by atoms with van der Waals surface area (Å²) in [5.74, 6) is -5.26. The normalized spacial score (nSPS) is 37.4. The van der Waals surface area contributed by atoms with Crippen LogP contribution in [0, 0.1) is 0 Å². The van der Waals surface area contributed by atoms with Crippen LogP contribution in [0.4, 0.5) is 5.82 Å². The summed E-state index contributed by atoms with van der Waals surface area (Å²) >= 11 is 0. The molecule has 1 unspecified atom stereocenters. The van der Waals surface area contributed by atoms with E-state index in [9.17, 15) is 49.7 Å². The highest BCUT2D eigenvalue weighted by atomic mass is 31.2. The van der Waals surface area contributed by atoms with E-state index in [2.05, 4.69) is 9.51 Å². The summed E-state index contributed by atoms with van der Waals surface area (Å²) < 4.78 is 33.0. The molecule has 10 N–H and O–H groups in total. The first-order valence-corrected chi connectivity index (χ1v) is 11.8. The van der Waals surface area contributed by atoms with Crippen LogP contribution < -0.4 is 11.4 Å². The van der Waals surface area contributed by atoms with Gasteiger partial charge in [-0.2, -0.15) is 4.98 Å². The summed E-state index contributed by atoms with van der Waals surface area (Å²) in [7, 11) is -5.41. The van der Waals surface area contributed by atoms with Gasteiger partial charge in [-0.15, -0.1) is 0 Å². The Morgan fingerprint density at radius 3 is 2.56 bits per heavy atom. The SMILES string of the molecule is Nc1ccn([C@@H]2O[C@H](COP(=O)(O)O[C@]3(C(=O)O)C[C@@H](O)[C@@H](O)[C@@H]([C@H](O)CO)O3)[C@@H](O)[C@H]2O)c(=O)n1. The Kier molecular flexibility index (Phi) is 8.50. The minimum atomic E-state index is -5.41. The van der Waals surface area contributed by atoms with Crippen LogP contribution in [0.25, 0.3) is 0 Å². The molecule has 0 aromatic carbocycles. The summed E-state index contributed by atoms with van der Waals surface area (Å²) in [6.07, 6.45) is -14.1. The first-order chi connectivity index (χ1) is 16.7. The minimum Gasteiger partial charge on any atom is -0.477 e. The van der Waals surface area contributed by atoms with Crippen LogP contribution in [0.5, 0.6) is 0 Å². The Morgan fingerprint density at radius 2 is 1.97 bits per heavy atom. The Hall–Kier alpha value is -2.06. The number of nitrogens with two attached hydrogens (primary N) is 1. The number of rotatable bonds is 9. The molecule has 19 heteroatoms. The van der Waals surface area contributed by atoms with Gasteiger partial charge in [-0.05, 0) is 6.07 Å². The topological polar surface area (TPSA) is 294 Å². The molecule has 2 aliphatic heterocycles. The van der Waals surface area contributed by atoms with E-state index in [1.807, 2.05) is 0 Å². The number of carbonyl (C=O) groups is 1. The van der Waals surface area contributed by atoms with E-state index in [0.717, 1.165) is 10.8 Å². The number of nitrogens with zero attached hydrogens (tertiary/aromatic N) is 2. The van der Waals surface area contributed by atoms with Gasteiger partial charge < -0.3 is 55.8 Å². The molecule has 0 spiro atoms. The fraction of sp³-hybridized carbons (Fsp3) is 0.706. The van der Waals surface area contributed by atoms with Gasteiger partial charge >= 0.3 is 19.5 Å². The number of carboxylic acids is 1. The van der Waals surface area contributed by atoms with Crippen LogP contribution in [-0.2, 0) is 27.9 Å². The molecule has 2 aliphatic rings. The van der Waals surface area contributed by atoms with Crippen molar-refractivity contribution in [2.75, 3.05) is 18.9 Å². The van der Waals surface area contributed by atoms with E-state index in [0.29, 0.717) is 0 Å². The molecule has 3 rings (SSSR count). The third-order valence-electron chi connectivity index (χ3n) is 5.55. The molecule has 0 amide bonds. The number of carboxylic acid groups (broad SMARTS) is 1. The molecule has 36 heavy (non-hydrogen) atoms. The smallest absolute Gasteiger partial charge is 0.475 e. The molecule has 0 aliphatic carbocycles. The van der Waals surface area contributed by atoms with Crippen LogP contribution in [0.15, 0.2) is 17.1 Å². The molecule has 2 fully saturated rings. The van der Waals surface area contributed by atoms with Gasteiger partial charge in [-0.3, -0.25) is 9.09 Å². The van der Waals surface area contributed by atoms with E-state index >= 15 is 0 Å². The third-order valence-corrected chi connectivity index (χ3v) is 6.56. The fourth-order valence-corrected chi connectivity index (χ4v) is 4.65. The lowest BCUT2D eigenvalue weighted by Gasteiger charge is -2.43. The third kappa shape index (κ3) is 5.75. The first-order valence-electron chi connectivity index (χ1n) is 10.3. The van der Waals surface area contributed by atoms with E-state index in [1.165, 1.54) is 6.07 Å². The van der Waals surface area contributed by atoms with Gasteiger partial charge in [0.1, 0.15) is 42.4 Å². The number of nitrogen functional groups attached to an aromatic ring is 1. The van der Waals surface area contributed by atoms with Crippen LogP contribution in [-0.4, -0.2) is 118 Å². The van der Waals surface area contributed by atoms with Crippen molar-refractivity contribution in [3.63, 3.8) is 0 Å². The Morgan fingerprint density at radius 1 is 1.31 bits per heavy atom. The lowest BCUT2D eigenvalue weighted by molar-refractivity contribution is -0.302. The molecule has 1 aromatic heterocycles. The molecule has 1 aromatic rings. The number of aliphatic hydroxyl groups is 6. The molecule has 0 bridgehead atoms. The summed E-state index contributed by atoms with van der Waals surface area (Å²) in [5, 5.41) is 68.9. The molecule has 2 saturated heterocycles. The average molecular weight is 543 g/mol. The van der Waals surface area contributed by atoms with Crippen LogP contribution in [0.2, 0.25) is 0 Å². The van der Waals surface area contributed by atoms with Crippen LogP contribution in [0.1, 0.15) is 12.6 Å². The van der Waals surface area contributed by atoms with Crippen LogP contribution >= 0.6 is 7.82 Å². The number of phosphoric acid groups is 1. The van der Waals surface area contributed by atoms with Crippen LogP contribution in [0.3, 0.4) is 0 Å². The minimum absolute atomic E-state index is 0.119. The van der Waals surface area contributed by atoms with Crippen molar-refractivity contribution in [2.24, 2.45) is 0 Å². The van der Waals surface area contributed by atoms with Crippen molar-refractivity contribution < 1.29 is 68.5 Å². The van der Waals surface area contributed by atoms with E-state index in [1.54, 1.807) is 0 Å². The van der Waals surface area contributed by atoms with Gasteiger partial charge in [-0.1, -0.05) is 0 Å².